The molecule has 3 aromatic rings. The summed E-state index contributed by atoms with van der Waals surface area (Å²) in [7, 11) is 0. The summed E-state index contributed by atoms with van der Waals surface area (Å²) in [4.78, 5) is 34.5. The van der Waals surface area contributed by atoms with Crippen molar-refractivity contribution in [2.75, 3.05) is 6.54 Å². The molecule has 1 fully saturated rings. The van der Waals surface area contributed by atoms with E-state index in [0.29, 0.717) is 24.5 Å². The molecule has 3 aromatic heterocycles. The molecule has 26 heavy (non-hydrogen) atoms. The molecule has 1 aliphatic rings. The number of pyridine rings is 3. The highest BCUT2D eigenvalue weighted by molar-refractivity contribution is 5.86. The van der Waals surface area contributed by atoms with Crippen molar-refractivity contribution < 1.29 is 9.53 Å². The molecule has 7 heteroatoms. The molecule has 0 spiro atoms. The summed E-state index contributed by atoms with van der Waals surface area (Å²) in [5, 5.41) is 3.64. The van der Waals surface area contributed by atoms with Crippen molar-refractivity contribution in [3.05, 3.63) is 53.1 Å². The number of amides is 1. The summed E-state index contributed by atoms with van der Waals surface area (Å²) in [5.74, 6) is 0.628. The van der Waals surface area contributed by atoms with Crippen LogP contribution in [0.15, 0.2) is 47.5 Å². The number of aromatic nitrogens is 3. The number of carbonyl (C=O) groups is 1. The van der Waals surface area contributed by atoms with Gasteiger partial charge < -0.3 is 15.0 Å². The molecular weight excluding hydrogens is 332 g/mol. The molecule has 4 heterocycles. The van der Waals surface area contributed by atoms with E-state index in [1.165, 1.54) is 6.07 Å². The zero-order valence-corrected chi connectivity index (χ0v) is 14.2. The molecular formula is C19H18N4O3. The van der Waals surface area contributed by atoms with Crippen molar-refractivity contribution in [1.29, 1.82) is 0 Å². The number of aromatic amines is 1. The number of H-pyrrole nitrogens is 1. The zero-order valence-electron chi connectivity index (χ0n) is 14.2. The number of nitrogens with zero attached hydrogens (tertiary/aromatic N) is 2. The van der Waals surface area contributed by atoms with Gasteiger partial charge in [-0.2, -0.15) is 0 Å². The largest absolute Gasteiger partial charge is 0.474 e. The Morgan fingerprint density at radius 3 is 2.88 bits per heavy atom. The first-order chi connectivity index (χ1) is 12.6. The molecule has 7 nitrogen and oxygen atoms in total. The highest BCUT2D eigenvalue weighted by Crippen LogP contribution is 2.29. The van der Waals surface area contributed by atoms with Crippen LogP contribution in [0.4, 0.5) is 0 Å². The summed E-state index contributed by atoms with van der Waals surface area (Å²) < 4.78 is 6.13. The van der Waals surface area contributed by atoms with E-state index in [9.17, 15) is 9.59 Å². The van der Waals surface area contributed by atoms with Crippen LogP contribution in [0.3, 0.4) is 0 Å². The van der Waals surface area contributed by atoms with Gasteiger partial charge in [-0.1, -0.05) is 0 Å². The van der Waals surface area contributed by atoms with Gasteiger partial charge in [-0.15, -0.1) is 0 Å². The van der Waals surface area contributed by atoms with E-state index in [1.807, 2.05) is 25.1 Å². The SMILES string of the molecule is C[C@@H](Oc1nc(-c2ccc(=O)[nH]c2)cc2ncccc12)C1CNC(=O)C1. The second-order valence-corrected chi connectivity index (χ2v) is 6.42. The third kappa shape index (κ3) is 3.15. The summed E-state index contributed by atoms with van der Waals surface area (Å²) in [5.41, 5.74) is 2.02. The average molecular weight is 350 g/mol. The quantitative estimate of drug-likeness (QED) is 0.749. The zero-order chi connectivity index (χ0) is 18.1. The lowest BCUT2D eigenvalue weighted by Gasteiger charge is -2.20. The fraction of sp³-hybridized carbons (Fsp3) is 0.263. The van der Waals surface area contributed by atoms with Crippen LogP contribution in [0.2, 0.25) is 0 Å². The highest BCUT2D eigenvalue weighted by atomic mass is 16.5. The van der Waals surface area contributed by atoms with E-state index in [0.717, 1.165) is 16.5 Å². The normalized spacial score (nSPS) is 17.9. The van der Waals surface area contributed by atoms with E-state index in [4.69, 9.17) is 4.74 Å². The van der Waals surface area contributed by atoms with Crippen LogP contribution in [0, 0.1) is 5.92 Å². The van der Waals surface area contributed by atoms with Crippen LogP contribution < -0.4 is 15.6 Å². The molecule has 2 N–H and O–H groups in total. The molecule has 1 aliphatic heterocycles. The Kier molecular flexibility index (Phi) is 4.12. The van der Waals surface area contributed by atoms with Gasteiger partial charge in [-0.05, 0) is 31.2 Å². The second-order valence-electron chi connectivity index (χ2n) is 6.42. The molecule has 4 rings (SSSR count). The van der Waals surface area contributed by atoms with Crippen LogP contribution in [0.5, 0.6) is 5.88 Å². The standard InChI is InChI=1S/C19H18N4O3/c1-11(13-7-18(25)22-10-13)26-19-14-3-2-6-20-16(14)8-15(23-19)12-4-5-17(24)21-9-12/h2-6,8-9,11,13H,7,10H2,1H3,(H,21,24)(H,22,25)/t11-,13?/m1/s1. The summed E-state index contributed by atoms with van der Waals surface area (Å²) >= 11 is 0. The molecule has 0 aliphatic carbocycles. The Hall–Kier alpha value is -3.22. The minimum Gasteiger partial charge on any atom is -0.474 e. The lowest BCUT2D eigenvalue weighted by molar-refractivity contribution is -0.119. The fourth-order valence-corrected chi connectivity index (χ4v) is 3.08. The van der Waals surface area contributed by atoms with Crippen molar-refractivity contribution in [1.82, 2.24) is 20.3 Å². The van der Waals surface area contributed by atoms with Gasteiger partial charge in [0.15, 0.2) is 0 Å². The van der Waals surface area contributed by atoms with E-state index in [2.05, 4.69) is 20.3 Å². The molecule has 0 saturated carbocycles. The Balaban J connectivity index is 1.73. The predicted molar refractivity (Wildman–Crippen MR) is 96.8 cm³/mol. The van der Waals surface area contributed by atoms with Gasteiger partial charge in [0.25, 0.3) is 0 Å². The number of hydrogen-bond donors (Lipinski definition) is 2. The summed E-state index contributed by atoms with van der Waals surface area (Å²) in [6.45, 7) is 2.55. The molecule has 1 unspecified atom stereocenters. The molecule has 0 radical (unpaired) electrons. The van der Waals surface area contributed by atoms with Crippen molar-refractivity contribution >= 4 is 16.8 Å². The minimum atomic E-state index is -0.171. The van der Waals surface area contributed by atoms with Crippen LogP contribution in [-0.2, 0) is 4.79 Å². The number of fused-ring (bicyclic) bond motifs is 1. The van der Waals surface area contributed by atoms with Crippen LogP contribution in [-0.4, -0.2) is 33.5 Å². The van der Waals surface area contributed by atoms with Crippen molar-refractivity contribution in [2.45, 2.75) is 19.4 Å². The van der Waals surface area contributed by atoms with E-state index in [-0.39, 0.29) is 23.5 Å². The molecule has 0 aromatic carbocycles. The first kappa shape index (κ1) is 16.3. The fourth-order valence-electron chi connectivity index (χ4n) is 3.08. The van der Waals surface area contributed by atoms with E-state index in [1.54, 1.807) is 18.5 Å². The van der Waals surface area contributed by atoms with Crippen LogP contribution in [0.25, 0.3) is 22.2 Å². The summed E-state index contributed by atoms with van der Waals surface area (Å²) in [6.07, 6.45) is 3.62. The van der Waals surface area contributed by atoms with E-state index < -0.39 is 0 Å². The van der Waals surface area contributed by atoms with Crippen LogP contribution >= 0.6 is 0 Å². The molecule has 2 atom stereocenters. The molecule has 1 saturated heterocycles. The monoisotopic (exact) mass is 350 g/mol. The maximum atomic E-state index is 11.5. The lowest BCUT2D eigenvalue weighted by Crippen LogP contribution is -2.26. The first-order valence-electron chi connectivity index (χ1n) is 8.48. The van der Waals surface area contributed by atoms with Gasteiger partial charge in [0.1, 0.15) is 6.10 Å². The summed E-state index contributed by atoms with van der Waals surface area (Å²) in [6, 6.07) is 8.77. The maximum Gasteiger partial charge on any atom is 0.247 e. The Morgan fingerprint density at radius 1 is 1.27 bits per heavy atom. The van der Waals surface area contributed by atoms with Gasteiger partial charge in [-0.25, -0.2) is 4.98 Å². The highest BCUT2D eigenvalue weighted by Gasteiger charge is 2.28. The Labute approximate surface area is 149 Å². The van der Waals surface area contributed by atoms with Gasteiger partial charge in [-0.3, -0.25) is 14.6 Å². The van der Waals surface area contributed by atoms with Gasteiger partial charge >= 0.3 is 0 Å². The van der Waals surface area contributed by atoms with Gasteiger partial charge in [0, 0.05) is 42.9 Å². The van der Waals surface area contributed by atoms with Crippen molar-refractivity contribution in [3.8, 4) is 17.1 Å². The number of carbonyl (C=O) groups excluding carboxylic acids is 1. The molecule has 1 amide bonds. The second kappa shape index (κ2) is 6.59. The maximum absolute atomic E-state index is 11.5. The van der Waals surface area contributed by atoms with Gasteiger partial charge in [0.2, 0.25) is 17.3 Å². The number of hydrogen-bond acceptors (Lipinski definition) is 5. The number of nitrogens with one attached hydrogen (secondary N) is 2. The molecule has 132 valence electrons. The van der Waals surface area contributed by atoms with Crippen molar-refractivity contribution in [3.63, 3.8) is 0 Å². The Morgan fingerprint density at radius 2 is 2.15 bits per heavy atom. The first-order valence-corrected chi connectivity index (χ1v) is 8.48. The topological polar surface area (TPSA) is 97.0 Å². The lowest BCUT2D eigenvalue weighted by atomic mass is 10.0. The number of rotatable bonds is 4. The average Bonchev–Trinajstić information content (AvgIpc) is 3.09. The minimum absolute atomic E-state index is 0.0481. The molecule has 0 bridgehead atoms. The van der Waals surface area contributed by atoms with Crippen LogP contribution in [0.1, 0.15) is 13.3 Å². The Bertz CT molecular complexity index is 1010. The third-order valence-electron chi connectivity index (χ3n) is 4.61. The van der Waals surface area contributed by atoms with Crippen molar-refractivity contribution in [2.24, 2.45) is 5.92 Å². The van der Waals surface area contributed by atoms with E-state index >= 15 is 0 Å². The van der Waals surface area contributed by atoms with Gasteiger partial charge in [0.05, 0.1) is 16.6 Å². The predicted octanol–water partition coefficient (Wildman–Crippen LogP) is 1.89. The number of ether oxygens (including phenoxy) is 1. The third-order valence-corrected chi connectivity index (χ3v) is 4.61. The smallest absolute Gasteiger partial charge is 0.247 e.